The first-order chi connectivity index (χ1) is 19.6. The first kappa shape index (κ1) is 30.1. The SMILES string of the molecule is CCOP(=O)(O)OCn1cc(-c2ccnc(OC)c2)c2cc(-c3cccc(N(C)C(=O)/C=C/CN(C)C)c3)cnc21. The number of carbonyl (C=O) groups is 1. The molecular weight excluding hydrogens is 545 g/mol. The molecule has 3 heterocycles. The molecule has 0 radical (unpaired) electrons. The second-order valence-corrected chi connectivity index (χ2v) is 10.9. The van der Waals surface area contributed by atoms with E-state index in [4.69, 9.17) is 13.8 Å². The molecule has 4 aromatic rings. The van der Waals surface area contributed by atoms with Crippen LogP contribution in [0.5, 0.6) is 5.88 Å². The van der Waals surface area contributed by atoms with Crippen LogP contribution in [0.1, 0.15) is 6.92 Å². The second-order valence-electron chi connectivity index (χ2n) is 9.45. The van der Waals surface area contributed by atoms with Crippen molar-refractivity contribution in [3.8, 4) is 28.1 Å². The quantitative estimate of drug-likeness (QED) is 0.183. The van der Waals surface area contributed by atoms with Crippen molar-refractivity contribution >= 4 is 30.5 Å². The minimum atomic E-state index is -4.22. The summed E-state index contributed by atoms with van der Waals surface area (Å²) in [6.07, 6.45) is 8.55. The minimum Gasteiger partial charge on any atom is -0.481 e. The molecule has 11 nitrogen and oxygen atoms in total. The van der Waals surface area contributed by atoms with Crippen LogP contribution in [0.4, 0.5) is 5.69 Å². The molecule has 4 rings (SSSR count). The van der Waals surface area contributed by atoms with E-state index in [-0.39, 0.29) is 19.2 Å². The van der Waals surface area contributed by atoms with Crippen LogP contribution in [-0.2, 0) is 25.1 Å². The standard InChI is InChI=1S/C29H34N5O6P/c1-6-39-41(36,37)40-20-34-19-26(22-12-13-30-27(17-22)38-5)25-16-23(18-31-29(25)34)21-9-7-10-24(15-21)33(4)28(35)11-8-14-32(2)3/h7-13,15-19H,6,14,20H2,1-5H3,(H,36,37)/b11-8+. The predicted octanol–water partition coefficient (Wildman–Crippen LogP) is 4.97. The maximum atomic E-state index is 12.7. The number of fused-ring (bicyclic) bond motifs is 1. The normalized spacial score (nSPS) is 13.1. The first-order valence-corrected chi connectivity index (χ1v) is 14.4. The van der Waals surface area contributed by atoms with E-state index in [1.54, 1.807) is 61.3 Å². The van der Waals surface area contributed by atoms with Gasteiger partial charge in [-0.1, -0.05) is 18.2 Å². The molecule has 1 atom stereocenters. The molecule has 0 fully saturated rings. The van der Waals surface area contributed by atoms with Gasteiger partial charge in [0.15, 0.2) is 0 Å². The van der Waals surface area contributed by atoms with E-state index in [2.05, 4.69) is 9.97 Å². The zero-order valence-electron chi connectivity index (χ0n) is 23.7. The van der Waals surface area contributed by atoms with Gasteiger partial charge in [-0.3, -0.25) is 13.8 Å². The average Bonchev–Trinajstić information content (AvgIpc) is 3.33. The number of rotatable bonds is 12. The number of likely N-dealkylation sites (N-methyl/N-ethyl adjacent to an activating group) is 2. The van der Waals surface area contributed by atoms with Crippen molar-refractivity contribution in [3.63, 3.8) is 0 Å². The number of carbonyl (C=O) groups excluding carboxylic acids is 1. The highest BCUT2D eigenvalue weighted by Gasteiger charge is 2.22. The van der Waals surface area contributed by atoms with Crippen molar-refractivity contribution in [2.45, 2.75) is 13.7 Å². The number of aromatic nitrogens is 3. The number of hydrogen-bond donors (Lipinski definition) is 1. The van der Waals surface area contributed by atoms with Crippen LogP contribution < -0.4 is 9.64 Å². The fraction of sp³-hybridized carbons (Fsp3) is 0.276. The highest BCUT2D eigenvalue weighted by atomic mass is 31.2. The van der Waals surface area contributed by atoms with Gasteiger partial charge in [-0.25, -0.2) is 14.5 Å². The van der Waals surface area contributed by atoms with Crippen LogP contribution in [0.2, 0.25) is 0 Å². The Kier molecular flexibility index (Phi) is 9.69. The van der Waals surface area contributed by atoms with Gasteiger partial charge in [0.25, 0.3) is 0 Å². The van der Waals surface area contributed by atoms with Crippen molar-refractivity contribution in [2.75, 3.05) is 46.3 Å². The lowest BCUT2D eigenvalue weighted by Crippen LogP contribution is -2.24. The van der Waals surface area contributed by atoms with Crippen LogP contribution in [-0.4, -0.2) is 71.6 Å². The molecule has 3 aromatic heterocycles. The molecule has 1 aromatic carbocycles. The number of benzene rings is 1. The Hall–Kier alpha value is -3.86. The van der Waals surface area contributed by atoms with E-state index in [1.807, 2.05) is 61.5 Å². The third-order valence-electron chi connectivity index (χ3n) is 6.25. The molecule has 0 bridgehead atoms. The first-order valence-electron chi connectivity index (χ1n) is 12.9. The van der Waals surface area contributed by atoms with E-state index in [1.165, 1.54) is 0 Å². The minimum absolute atomic E-state index is 0.0378. The lowest BCUT2D eigenvalue weighted by Gasteiger charge is -2.17. The number of phosphoric acid groups is 1. The Labute approximate surface area is 239 Å². The van der Waals surface area contributed by atoms with Crippen molar-refractivity contribution in [3.05, 3.63) is 73.2 Å². The summed E-state index contributed by atoms with van der Waals surface area (Å²) in [4.78, 5) is 35.1. The van der Waals surface area contributed by atoms with Gasteiger partial charge in [0.1, 0.15) is 12.4 Å². The van der Waals surface area contributed by atoms with Gasteiger partial charge in [-0.15, -0.1) is 0 Å². The van der Waals surface area contributed by atoms with Crippen molar-refractivity contribution in [2.24, 2.45) is 0 Å². The maximum absolute atomic E-state index is 12.7. The van der Waals surface area contributed by atoms with E-state index >= 15 is 0 Å². The predicted molar refractivity (Wildman–Crippen MR) is 159 cm³/mol. The van der Waals surface area contributed by atoms with Gasteiger partial charge >= 0.3 is 7.82 Å². The van der Waals surface area contributed by atoms with Crippen molar-refractivity contribution in [1.82, 2.24) is 19.4 Å². The van der Waals surface area contributed by atoms with Crippen LogP contribution in [0.15, 0.2) is 73.2 Å². The Bertz CT molecular complexity index is 1600. The van der Waals surface area contributed by atoms with Gasteiger partial charge in [0.2, 0.25) is 11.8 Å². The summed E-state index contributed by atoms with van der Waals surface area (Å²) in [5.74, 6) is 0.316. The van der Waals surface area contributed by atoms with E-state index in [0.29, 0.717) is 18.1 Å². The lowest BCUT2D eigenvalue weighted by molar-refractivity contribution is -0.113. The summed E-state index contributed by atoms with van der Waals surface area (Å²) in [5.41, 5.74) is 4.60. The number of nitrogens with zero attached hydrogens (tertiary/aromatic N) is 5. The maximum Gasteiger partial charge on any atom is 0.473 e. The summed E-state index contributed by atoms with van der Waals surface area (Å²) in [6, 6.07) is 13.3. The molecule has 12 heteroatoms. The van der Waals surface area contributed by atoms with E-state index in [0.717, 1.165) is 33.3 Å². The van der Waals surface area contributed by atoms with Crippen LogP contribution in [0.3, 0.4) is 0 Å². The summed E-state index contributed by atoms with van der Waals surface area (Å²) >= 11 is 0. The Balaban J connectivity index is 1.73. The smallest absolute Gasteiger partial charge is 0.473 e. The van der Waals surface area contributed by atoms with Gasteiger partial charge < -0.3 is 24.0 Å². The van der Waals surface area contributed by atoms with Gasteiger partial charge in [-0.05, 0) is 56.4 Å². The molecule has 1 N–H and O–H groups in total. The zero-order valence-corrected chi connectivity index (χ0v) is 24.6. The number of anilines is 1. The fourth-order valence-electron chi connectivity index (χ4n) is 4.18. The van der Waals surface area contributed by atoms with Gasteiger partial charge in [0, 0.05) is 66.5 Å². The fourth-order valence-corrected chi connectivity index (χ4v) is 4.85. The second kappa shape index (κ2) is 13.2. The van der Waals surface area contributed by atoms with Crippen LogP contribution >= 0.6 is 7.82 Å². The molecule has 0 aliphatic carbocycles. The van der Waals surface area contributed by atoms with Gasteiger partial charge in [-0.2, -0.15) is 0 Å². The number of methoxy groups -OCH3 is 1. The summed E-state index contributed by atoms with van der Waals surface area (Å²) in [7, 11) is 2.94. The van der Waals surface area contributed by atoms with Crippen molar-refractivity contribution < 1.29 is 28.0 Å². The topological polar surface area (TPSA) is 119 Å². The third-order valence-corrected chi connectivity index (χ3v) is 7.28. The van der Waals surface area contributed by atoms with Crippen molar-refractivity contribution in [1.29, 1.82) is 0 Å². The average molecular weight is 580 g/mol. The summed E-state index contributed by atoms with van der Waals surface area (Å²) < 4.78 is 29.2. The number of pyridine rings is 2. The Morgan fingerprint density at radius 3 is 2.61 bits per heavy atom. The molecule has 1 unspecified atom stereocenters. The molecule has 216 valence electrons. The van der Waals surface area contributed by atoms with Gasteiger partial charge in [0.05, 0.1) is 13.7 Å². The highest BCUT2D eigenvalue weighted by Crippen LogP contribution is 2.44. The largest absolute Gasteiger partial charge is 0.481 e. The zero-order chi connectivity index (χ0) is 29.6. The number of ether oxygens (including phenoxy) is 1. The molecular formula is C29H34N5O6P. The number of amides is 1. The molecule has 0 spiro atoms. The summed E-state index contributed by atoms with van der Waals surface area (Å²) in [6.45, 7) is 2.07. The van der Waals surface area contributed by atoms with Crippen LogP contribution in [0, 0.1) is 0 Å². The van der Waals surface area contributed by atoms with Crippen LogP contribution in [0.25, 0.3) is 33.3 Å². The monoisotopic (exact) mass is 579 g/mol. The number of hydrogen-bond acceptors (Lipinski definition) is 8. The molecule has 0 aliphatic heterocycles. The third kappa shape index (κ3) is 7.46. The van der Waals surface area contributed by atoms with E-state index < -0.39 is 7.82 Å². The highest BCUT2D eigenvalue weighted by molar-refractivity contribution is 7.47. The Morgan fingerprint density at radius 1 is 1.07 bits per heavy atom. The molecule has 0 saturated carbocycles. The lowest BCUT2D eigenvalue weighted by atomic mass is 10.0. The Morgan fingerprint density at radius 2 is 1.88 bits per heavy atom. The number of phosphoric ester groups is 1. The summed E-state index contributed by atoms with van der Waals surface area (Å²) in [5, 5.41) is 0.782. The molecule has 41 heavy (non-hydrogen) atoms. The molecule has 0 saturated heterocycles. The molecule has 1 amide bonds. The molecule has 0 aliphatic rings. The van der Waals surface area contributed by atoms with E-state index in [9.17, 15) is 14.3 Å².